The Labute approximate surface area is 231 Å². The van der Waals surface area contributed by atoms with E-state index >= 15 is 0 Å². The van der Waals surface area contributed by atoms with Crippen LogP contribution in [0.15, 0.2) is 65.1 Å². The van der Waals surface area contributed by atoms with E-state index in [1.54, 1.807) is 24.3 Å². The van der Waals surface area contributed by atoms with Crippen LogP contribution in [0.25, 0.3) is 22.6 Å². The highest BCUT2D eigenvalue weighted by atomic mass is 19.4. The summed E-state index contributed by atoms with van der Waals surface area (Å²) < 4.78 is 50.0. The lowest BCUT2D eigenvalue weighted by atomic mass is 9.96. The van der Waals surface area contributed by atoms with Crippen LogP contribution < -0.4 is 5.32 Å². The number of hydrogen-bond donors (Lipinski definition) is 1. The molecular weight excluding hydrogens is 517 g/mol. The van der Waals surface area contributed by atoms with Crippen molar-refractivity contribution in [3.8, 4) is 17.5 Å². The van der Waals surface area contributed by atoms with Gasteiger partial charge in [-0.05, 0) is 91.9 Å². The average molecular weight is 549 g/mol. The Kier molecular flexibility index (Phi) is 8.50. The monoisotopic (exact) mass is 548 g/mol. The Balaban J connectivity index is 1.00. The highest BCUT2D eigenvalue weighted by molar-refractivity contribution is 5.80. The van der Waals surface area contributed by atoms with Crippen LogP contribution in [-0.2, 0) is 24.1 Å². The van der Waals surface area contributed by atoms with Gasteiger partial charge in [-0.25, -0.2) is 4.98 Å². The van der Waals surface area contributed by atoms with Crippen LogP contribution in [0.3, 0.4) is 0 Å². The quantitative estimate of drug-likeness (QED) is 0.186. The molecule has 6 nitrogen and oxygen atoms in total. The zero-order valence-electron chi connectivity index (χ0n) is 22.3. The summed E-state index contributed by atoms with van der Waals surface area (Å²) in [5.41, 5.74) is 5.02. The first kappa shape index (κ1) is 27.8. The highest BCUT2D eigenvalue weighted by Gasteiger charge is 2.30. The van der Waals surface area contributed by atoms with Gasteiger partial charge >= 0.3 is 6.18 Å². The molecule has 2 heterocycles. The van der Waals surface area contributed by atoms with Gasteiger partial charge in [0.2, 0.25) is 5.89 Å². The zero-order chi connectivity index (χ0) is 28.1. The molecular formula is C31H31F3N4O2. The van der Waals surface area contributed by atoms with Crippen molar-refractivity contribution >= 4 is 11.1 Å². The predicted molar refractivity (Wildman–Crippen MR) is 146 cm³/mol. The summed E-state index contributed by atoms with van der Waals surface area (Å²) in [6.07, 6.45) is -2.21. The van der Waals surface area contributed by atoms with Crippen molar-refractivity contribution in [2.45, 2.75) is 39.1 Å². The second kappa shape index (κ2) is 12.2. The molecule has 1 fully saturated rings. The van der Waals surface area contributed by atoms with Crippen LogP contribution in [0.1, 0.15) is 40.7 Å². The van der Waals surface area contributed by atoms with Gasteiger partial charge in [-0.1, -0.05) is 24.3 Å². The SMILES string of the molecule is Cc1cc(C#N)cc2nc(-c3ccc(COCNCC4CCN(Cc5ccc(C(F)(F)F)cc5)CC4)cc3)oc12. The van der Waals surface area contributed by atoms with Crippen molar-refractivity contribution in [1.29, 1.82) is 5.26 Å². The molecule has 1 aliphatic rings. The number of oxazole rings is 1. The first-order chi connectivity index (χ1) is 19.3. The second-order valence-corrected chi connectivity index (χ2v) is 10.3. The topological polar surface area (TPSA) is 74.3 Å². The summed E-state index contributed by atoms with van der Waals surface area (Å²) in [6, 6.07) is 19.0. The smallest absolute Gasteiger partial charge is 0.416 e. The third kappa shape index (κ3) is 6.89. The lowest BCUT2D eigenvalue weighted by Gasteiger charge is -2.32. The minimum Gasteiger partial charge on any atom is -0.436 e. The molecule has 0 radical (unpaired) electrons. The van der Waals surface area contributed by atoms with E-state index in [2.05, 4.69) is 21.3 Å². The zero-order valence-corrected chi connectivity index (χ0v) is 22.3. The van der Waals surface area contributed by atoms with E-state index in [0.717, 1.165) is 66.9 Å². The van der Waals surface area contributed by atoms with Crippen LogP contribution in [0.4, 0.5) is 13.2 Å². The van der Waals surface area contributed by atoms with E-state index < -0.39 is 11.7 Å². The summed E-state index contributed by atoms with van der Waals surface area (Å²) in [5, 5.41) is 12.6. The van der Waals surface area contributed by atoms with Gasteiger partial charge in [-0.15, -0.1) is 0 Å². The predicted octanol–water partition coefficient (Wildman–Crippen LogP) is 6.67. The first-order valence-electron chi connectivity index (χ1n) is 13.4. The number of hydrogen-bond acceptors (Lipinski definition) is 6. The van der Waals surface area contributed by atoms with E-state index in [-0.39, 0.29) is 0 Å². The number of benzene rings is 3. The lowest BCUT2D eigenvalue weighted by molar-refractivity contribution is -0.137. The fourth-order valence-corrected chi connectivity index (χ4v) is 5.04. The molecule has 4 aromatic rings. The van der Waals surface area contributed by atoms with E-state index in [1.165, 1.54) is 0 Å². The largest absolute Gasteiger partial charge is 0.436 e. The molecule has 1 aliphatic heterocycles. The number of ether oxygens (including phenoxy) is 1. The molecule has 0 bridgehead atoms. The molecule has 5 rings (SSSR count). The Bertz CT molecular complexity index is 1470. The number of likely N-dealkylation sites (tertiary alicyclic amines) is 1. The van der Waals surface area contributed by atoms with Crippen LogP contribution in [-0.4, -0.2) is 36.2 Å². The molecule has 0 amide bonds. The Morgan fingerprint density at radius 3 is 2.42 bits per heavy atom. The standard InChI is InChI=1S/C31H31F3N4O2/c1-21-14-25(16-35)15-28-29(21)40-30(37-28)26-6-2-24(3-7-26)19-39-20-36-17-22-10-12-38(13-11-22)18-23-4-8-27(9-5-23)31(32,33)34/h2-9,14-15,22,36H,10-13,17-20H2,1H3. The summed E-state index contributed by atoms with van der Waals surface area (Å²) in [4.78, 5) is 6.85. The number of nitrogens with zero attached hydrogens (tertiary/aromatic N) is 3. The van der Waals surface area contributed by atoms with Gasteiger partial charge in [0.15, 0.2) is 5.58 Å². The fourth-order valence-electron chi connectivity index (χ4n) is 5.04. The summed E-state index contributed by atoms with van der Waals surface area (Å²) in [6.45, 7) is 6.25. The number of aromatic nitrogens is 1. The van der Waals surface area contributed by atoms with Crippen molar-refractivity contribution in [3.05, 3.63) is 88.5 Å². The Morgan fingerprint density at radius 2 is 1.75 bits per heavy atom. The van der Waals surface area contributed by atoms with Crippen LogP contribution in [0.2, 0.25) is 0 Å². The molecule has 0 spiro atoms. The molecule has 3 aromatic carbocycles. The van der Waals surface area contributed by atoms with Crippen molar-refractivity contribution in [2.75, 3.05) is 26.4 Å². The molecule has 1 N–H and O–H groups in total. The van der Waals surface area contributed by atoms with Gasteiger partial charge in [-0.3, -0.25) is 10.2 Å². The molecule has 0 unspecified atom stereocenters. The van der Waals surface area contributed by atoms with E-state index in [0.29, 0.717) is 48.4 Å². The van der Waals surface area contributed by atoms with E-state index in [4.69, 9.17) is 9.15 Å². The second-order valence-electron chi connectivity index (χ2n) is 10.3. The molecule has 0 saturated carbocycles. The van der Waals surface area contributed by atoms with Crippen LogP contribution in [0.5, 0.6) is 0 Å². The summed E-state index contributed by atoms with van der Waals surface area (Å²) >= 11 is 0. The van der Waals surface area contributed by atoms with Gasteiger partial charge in [0.1, 0.15) is 5.52 Å². The maximum absolute atomic E-state index is 12.8. The lowest BCUT2D eigenvalue weighted by Crippen LogP contribution is -2.37. The Morgan fingerprint density at radius 1 is 1.05 bits per heavy atom. The number of halogens is 3. The molecule has 1 saturated heterocycles. The molecule has 0 aliphatic carbocycles. The summed E-state index contributed by atoms with van der Waals surface area (Å²) in [5.74, 6) is 1.07. The number of rotatable bonds is 9. The van der Waals surface area contributed by atoms with E-state index in [9.17, 15) is 18.4 Å². The van der Waals surface area contributed by atoms with Crippen molar-refractivity contribution in [1.82, 2.24) is 15.2 Å². The van der Waals surface area contributed by atoms with Gasteiger partial charge < -0.3 is 9.15 Å². The van der Waals surface area contributed by atoms with E-state index in [1.807, 2.05) is 31.2 Å². The number of nitrogens with one attached hydrogen (secondary N) is 1. The number of nitriles is 1. The van der Waals surface area contributed by atoms with Crippen molar-refractivity contribution in [2.24, 2.45) is 5.92 Å². The fraction of sp³-hybridized carbons (Fsp3) is 0.355. The van der Waals surface area contributed by atoms with Crippen molar-refractivity contribution < 1.29 is 22.3 Å². The average Bonchev–Trinajstić information content (AvgIpc) is 3.39. The normalized spacial score (nSPS) is 15.0. The molecule has 40 heavy (non-hydrogen) atoms. The third-order valence-electron chi connectivity index (χ3n) is 7.31. The maximum Gasteiger partial charge on any atom is 0.416 e. The number of aryl methyl sites for hydroxylation is 1. The van der Waals surface area contributed by atoms with Crippen LogP contribution in [0, 0.1) is 24.2 Å². The maximum atomic E-state index is 12.8. The van der Waals surface area contributed by atoms with Crippen LogP contribution >= 0.6 is 0 Å². The molecule has 1 aromatic heterocycles. The molecule has 9 heteroatoms. The Hall–Kier alpha value is -3.71. The molecule has 208 valence electrons. The number of fused-ring (bicyclic) bond motifs is 1. The van der Waals surface area contributed by atoms with Gasteiger partial charge in [0.05, 0.1) is 30.5 Å². The minimum atomic E-state index is -4.29. The number of piperidine rings is 1. The van der Waals surface area contributed by atoms with Gasteiger partial charge in [0.25, 0.3) is 0 Å². The number of alkyl halides is 3. The molecule has 0 atom stereocenters. The minimum absolute atomic E-state index is 0.457. The van der Waals surface area contributed by atoms with Crippen molar-refractivity contribution in [3.63, 3.8) is 0 Å². The van der Waals surface area contributed by atoms with Gasteiger partial charge in [-0.2, -0.15) is 18.4 Å². The summed E-state index contributed by atoms with van der Waals surface area (Å²) in [7, 11) is 0. The third-order valence-corrected chi connectivity index (χ3v) is 7.31. The first-order valence-corrected chi connectivity index (χ1v) is 13.4. The van der Waals surface area contributed by atoms with Gasteiger partial charge in [0, 0.05) is 18.7 Å². The highest BCUT2D eigenvalue weighted by Crippen LogP contribution is 2.30.